The predicted molar refractivity (Wildman–Crippen MR) is 96.4 cm³/mol. The number of carbonyl (C=O) groups is 3. The Kier molecular flexibility index (Phi) is 8.41. The molecule has 2 amide bonds. The average molecular weight is 369 g/mol. The van der Waals surface area contributed by atoms with Gasteiger partial charge in [-0.05, 0) is 30.2 Å². The van der Waals surface area contributed by atoms with Crippen LogP contribution in [-0.4, -0.2) is 49.4 Å². The molecule has 0 saturated carbocycles. The molecule has 2 unspecified atom stereocenters. The van der Waals surface area contributed by atoms with Crippen LogP contribution in [-0.2, 0) is 14.3 Å². The Hall–Kier alpha value is -2.08. The van der Waals surface area contributed by atoms with Crippen LogP contribution < -0.4 is 5.32 Å². The third-order valence-corrected chi connectivity index (χ3v) is 4.38. The summed E-state index contributed by atoms with van der Waals surface area (Å²) in [4.78, 5) is 37.8. The van der Waals surface area contributed by atoms with Crippen LogP contribution in [0.3, 0.4) is 0 Å². The van der Waals surface area contributed by atoms with Crippen molar-refractivity contribution in [2.24, 2.45) is 5.92 Å². The van der Waals surface area contributed by atoms with Gasteiger partial charge >= 0.3 is 5.97 Å². The molecule has 0 fully saturated rings. The molecule has 25 heavy (non-hydrogen) atoms. The molecule has 138 valence electrons. The molecule has 0 spiro atoms. The lowest BCUT2D eigenvalue weighted by Crippen LogP contribution is -2.51. The van der Waals surface area contributed by atoms with Crippen LogP contribution in [0.15, 0.2) is 24.3 Å². The maximum Gasteiger partial charge on any atom is 0.307 e. The SMILES string of the molecule is CCC(C)C(NC(=O)c1ccc(Cl)cc1)C(=O)N(C)CCC(=O)OC. The van der Waals surface area contributed by atoms with Crippen LogP contribution in [0.25, 0.3) is 0 Å². The minimum Gasteiger partial charge on any atom is -0.469 e. The predicted octanol–water partition coefficient (Wildman–Crippen LogP) is 2.51. The van der Waals surface area contributed by atoms with Gasteiger partial charge in [0.05, 0.1) is 13.5 Å². The zero-order valence-corrected chi connectivity index (χ0v) is 15.8. The van der Waals surface area contributed by atoms with Crippen LogP contribution in [0.2, 0.25) is 5.02 Å². The first kappa shape index (κ1) is 21.0. The molecule has 0 aliphatic rings. The highest BCUT2D eigenvalue weighted by Crippen LogP contribution is 2.14. The molecule has 0 aliphatic heterocycles. The molecule has 1 aromatic rings. The van der Waals surface area contributed by atoms with Crippen LogP contribution in [0.4, 0.5) is 0 Å². The Morgan fingerprint density at radius 3 is 2.36 bits per heavy atom. The summed E-state index contributed by atoms with van der Waals surface area (Å²) in [7, 11) is 2.91. The maximum atomic E-state index is 12.7. The largest absolute Gasteiger partial charge is 0.469 e. The van der Waals surface area contributed by atoms with Crippen molar-refractivity contribution in [3.8, 4) is 0 Å². The molecular formula is C18H25ClN2O4. The molecule has 1 N–H and O–H groups in total. The summed E-state index contributed by atoms with van der Waals surface area (Å²) in [5.74, 6) is -1.01. The lowest BCUT2D eigenvalue weighted by Gasteiger charge is -2.28. The fourth-order valence-electron chi connectivity index (χ4n) is 2.22. The molecule has 1 aromatic carbocycles. The van der Waals surface area contributed by atoms with Crippen molar-refractivity contribution >= 4 is 29.4 Å². The van der Waals surface area contributed by atoms with Crippen molar-refractivity contribution in [3.63, 3.8) is 0 Å². The lowest BCUT2D eigenvalue weighted by atomic mass is 9.97. The van der Waals surface area contributed by atoms with Gasteiger partial charge < -0.3 is 15.0 Å². The highest BCUT2D eigenvalue weighted by Gasteiger charge is 2.29. The number of rotatable bonds is 8. The van der Waals surface area contributed by atoms with Crippen molar-refractivity contribution < 1.29 is 19.1 Å². The Balaban J connectivity index is 2.82. The van der Waals surface area contributed by atoms with Gasteiger partial charge in [-0.15, -0.1) is 0 Å². The van der Waals surface area contributed by atoms with Crippen molar-refractivity contribution in [2.45, 2.75) is 32.7 Å². The number of amides is 2. The molecule has 6 nitrogen and oxygen atoms in total. The number of halogens is 1. The second-order valence-electron chi connectivity index (χ2n) is 5.93. The van der Waals surface area contributed by atoms with Gasteiger partial charge in [-0.3, -0.25) is 14.4 Å². The number of esters is 1. The zero-order valence-electron chi connectivity index (χ0n) is 15.0. The van der Waals surface area contributed by atoms with Crippen molar-refractivity contribution in [1.29, 1.82) is 0 Å². The Morgan fingerprint density at radius 2 is 1.84 bits per heavy atom. The van der Waals surface area contributed by atoms with E-state index in [2.05, 4.69) is 10.1 Å². The Morgan fingerprint density at radius 1 is 1.24 bits per heavy atom. The molecule has 0 saturated heterocycles. The van der Waals surface area contributed by atoms with E-state index in [1.54, 1.807) is 31.3 Å². The second kappa shape index (κ2) is 10.0. The molecule has 0 aliphatic carbocycles. The Labute approximate surface area is 153 Å². The molecule has 1 rings (SSSR count). The third-order valence-electron chi connectivity index (χ3n) is 4.13. The minimum atomic E-state index is -0.671. The number of hydrogen-bond acceptors (Lipinski definition) is 4. The van der Waals surface area contributed by atoms with Gasteiger partial charge in [-0.25, -0.2) is 0 Å². The van der Waals surface area contributed by atoms with E-state index in [9.17, 15) is 14.4 Å². The first-order chi connectivity index (χ1) is 11.8. The molecule has 2 atom stereocenters. The van der Waals surface area contributed by atoms with Crippen molar-refractivity contribution in [2.75, 3.05) is 20.7 Å². The van der Waals surface area contributed by atoms with Crippen molar-refractivity contribution in [3.05, 3.63) is 34.9 Å². The number of nitrogens with zero attached hydrogens (tertiary/aromatic N) is 1. The topological polar surface area (TPSA) is 75.7 Å². The van der Waals surface area contributed by atoms with E-state index >= 15 is 0 Å². The highest BCUT2D eigenvalue weighted by atomic mass is 35.5. The first-order valence-electron chi connectivity index (χ1n) is 8.18. The molecular weight excluding hydrogens is 344 g/mol. The van der Waals surface area contributed by atoms with E-state index in [4.69, 9.17) is 11.6 Å². The van der Waals surface area contributed by atoms with E-state index in [1.807, 2.05) is 13.8 Å². The summed E-state index contributed by atoms with van der Waals surface area (Å²) in [5.41, 5.74) is 0.433. The molecule has 7 heteroatoms. The van der Waals surface area contributed by atoms with Gasteiger partial charge in [0.15, 0.2) is 0 Å². The monoisotopic (exact) mass is 368 g/mol. The molecule has 0 heterocycles. The van der Waals surface area contributed by atoms with E-state index in [1.165, 1.54) is 12.0 Å². The Bertz CT molecular complexity index is 604. The van der Waals surface area contributed by atoms with E-state index in [-0.39, 0.29) is 36.7 Å². The van der Waals surface area contributed by atoms with E-state index < -0.39 is 6.04 Å². The second-order valence-corrected chi connectivity index (χ2v) is 6.37. The minimum absolute atomic E-state index is 0.0515. The van der Waals surface area contributed by atoms with Crippen LogP contribution >= 0.6 is 11.6 Å². The number of ether oxygens (including phenoxy) is 1. The van der Waals surface area contributed by atoms with E-state index in [0.717, 1.165) is 6.42 Å². The summed E-state index contributed by atoms with van der Waals surface area (Å²) in [6.07, 6.45) is 0.833. The van der Waals surface area contributed by atoms with Gasteiger partial charge in [0, 0.05) is 24.2 Å². The summed E-state index contributed by atoms with van der Waals surface area (Å²) in [6, 6.07) is 5.79. The third kappa shape index (κ3) is 6.38. The fourth-order valence-corrected chi connectivity index (χ4v) is 2.34. The van der Waals surface area contributed by atoms with Gasteiger partial charge in [0.1, 0.15) is 6.04 Å². The van der Waals surface area contributed by atoms with Gasteiger partial charge in [0.2, 0.25) is 5.91 Å². The number of hydrogen-bond donors (Lipinski definition) is 1. The standard InChI is InChI=1S/C18H25ClN2O4/c1-5-12(2)16(18(24)21(3)11-10-15(22)25-4)20-17(23)13-6-8-14(19)9-7-13/h6-9,12,16H,5,10-11H2,1-4H3,(H,20,23). The van der Waals surface area contributed by atoms with Crippen LogP contribution in [0.5, 0.6) is 0 Å². The molecule has 0 bridgehead atoms. The quantitative estimate of drug-likeness (QED) is 0.715. The maximum absolute atomic E-state index is 12.7. The molecule has 0 radical (unpaired) electrons. The van der Waals surface area contributed by atoms with Crippen LogP contribution in [0.1, 0.15) is 37.0 Å². The number of likely N-dealkylation sites (N-methyl/N-ethyl adjacent to an activating group) is 1. The molecule has 0 aromatic heterocycles. The zero-order chi connectivity index (χ0) is 19.0. The van der Waals surface area contributed by atoms with Crippen molar-refractivity contribution in [1.82, 2.24) is 10.2 Å². The normalized spacial score (nSPS) is 12.8. The summed E-state index contributed by atoms with van der Waals surface area (Å²) >= 11 is 5.83. The van der Waals surface area contributed by atoms with E-state index in [0.29, 0.717) is 10.6 Å². The van der Waals surface area contributed by atoms with Gasteiger partial charge in [0.25, 0.3) is 5.91 Å². The summed E-state index contributed by atoms with van der Waals surface area (Å²) < 4.78 is 4.58. The fraction of sp³-hybridized carbons (Fsp3) is 0.500. The van der Waals surface area contributed by atoms with Gasteiger partial charge in [-0.2, -0.15) is 0 Å². The smallest absolute Gasteiger partial charge is 0.307 e. The lowest BCUT2D eigenvalue weighted by molar-refractivity contribution is -0.141. The number of nitrogens with one attached hydrogen (secondary N) is 1. The first-order valence-corrected chi connectivity index (χ1v) is 8.56. The number of carbonyl (C=O) groups excluding carboxylic acids is 3. The van der Waals surface area contributed by atoms with Gasteiger partial charge in [-0.1, -0.05) is 31.9 Å². The summed E-state index contributed by atoms with van der Waals surface area (Å²) in [5, 5.41) is 3.33. The summed E-state index contributed by atoms with van der Waals surface area (Å²) in [6.45, 7) is 4.09. The average Bonchev–Trinajstić information content (AvgIpc) is 2.62. The highest BCUT2D eigenvalue weighted by molar-refractivity contribution is 6.30. The van der Waals surface area contributed by atoms with Crippen LogP contribution in [0, 0.1) is 5.92 Å². The number of methoxy groups -OCH3 is 1. The number of benzene rings is 1.